The summed E-state index contributed by atoms with van der Waals surface area (Å²) in [5, 5.41) is 17.9. The predicted octanol–water partition coefficient (Wildman–Crippen LogP) is 1.17. The Kier molecular flexibility index (Phi) is 5.18. The summed E-state index contributed by atoms with van der Waals surface area (Å²) in [6, 6.07) is 9.87. The predicted molar refractivity (Wildman–Crippen MR) is 109 cm³/mol. The molecule has 10 heteroatoms. The SMILES string of the molecule is Cc1cccc(Cn2ncc3cc(S(=O)(=O)c4cnn(CCO)c4)ccc3c2=O)n1. The highest BCUT2D eigenvalue weighted by atomic mass is 32.2. The van der Waals surface area contributed by atoms with E-state index in [1.807, 2.05) is 25.1 Å². The summed E-state index contributed by atoms with van der Waals surface area (Å²) in [4.78, 5) is 17.2. The molecule has 154 valence electrons. The zero-order valence-electron chi connectivity index (χ0n) is 16.1. The number of aliphatic hydroxyl groups excluding tert-OH is 1. The summed E-state index contributed by atoms with van der Waals surface area (Å²) in [5.74, 6) is 0. The van der Waals surface area contributed by atoms with Crippen molar-refractivity contribution in [3.8, 4) is 0 Å². The summed E-state index contributed by atoms with van der Waals surface area (Å²) < 4.78 is 28.4. The van der Waals surface area contributed by atoms with Gasteiger partial charge in [0.15, 0.2) is 0 Å². The average molecular weight is 425 g/mol. The van der Waals surface area contributed by atoms with Crippen molar-refractivity contribution in [2.24, 2.45) is 0 Å². The van der Waals surface area contributed by atoms with E-state index >= 15 is 0 Å². The maximum Gasteiger partial charge on any atom is 0.274 e. The summed E-state index contributed by atoms with van der Waals surface area (Å²) in [6.07, 6.45) is 4.07. The molecule has 1 aromatic carbocycles. The molecule has 0 spiro atoms. The van der Waals surface area contributed by atoms with Crippen molar-refractivity contribution in [1.82, 2.24) is 24.5 Å². The molecule has 0 saturated carbocycles. The van der Waals surface area contributed by atoms with Crippen LogP contribution in [0.4, 0.5) is 0 Å². The lowest BCUT2D eigenvalue weighted by molar-refractivity contribution is 0.269. The number of benzene rings is 1. The van der Waals surface area contributed by atoms with Crippen LogP contribution < -0.4 is 5.56 Å². The Labute approximate surface area is 172 Å². The highest BCUT2D eigenvalue weighted by Crippen LogP contribution is 2.23. The quantitative estimate of drug-likeness (QED) is 0.492. The number of aliphatic hydroxyl groups is 1. The normalized spacial score (nSPS) is 11.8. The number of sulfone groups is 1. The third-order valence-electron chi connectivity index (χ3n) is 4.64. The van der Waals surface area contributed by atoms with Gasteiger partial charge < -0.3 is 5.11 Å². The van der Waals surface area contributed by atoms with Gasteiger partial charge in [-0.15, -0.1) is 0 Å². The second-order valence-corrected chi connectivity index (χ2v) is 8.74. The lowest BCUT2D eigenvalue weighted by Gasteiger charge is -2.08. The molecule has 4 rings (SSSR count). The van der Waals surface area contributed by atoms with E-state index in [9.17, 15) is 13.2 Å². The van der Waals surface area contributed by atoms with Gasteiger partial charge in [0, 0.05) is 17.3 Å². The van der Waals surface area contributed by atoms with Crippen LogP contribution in [0.1, 0.15) is 11.4 Å². The number of hydrogen-bond donors (Lipinski definition) is 1. The van der Waals surface area contributed by atoms with E-state index in [0.29, 0.717) is 16.5 Å². The van der Waals surface area contributed by atoms with Crippen molar-refractivity contribution in [3.05, 3.63) is 76.7 Å². The van der Waals surface area contributed by atoms with Crippen molar-refractivity contribution < 1.29 is 13.5 Å². The van der Waals surface area contributed by atoms with E-state index in [1.54, 1.807) is 0 Å². The molecule has 0 atom stereocenters. The van der Waals surface area contributed by atoms with Crippen molar-refractivity contribution >= 4 is 20.6 Å². The van der Waals surface area contributed by atoms with E-state index in [-0.39, 0.29) is 35.0 Å². The van der Waals surface area contributed by atoms with Gasteiger partial charge in [0.05, 0.1) is 48.1 Å². The monoisotopic (exact) mass is 425 g/mol. The van der Waals surface area contributed by atoms with Crippen molar-refractivity contribution in [1.29, 1.82) is 0 Å². The minimum absolute atomic E-state index is 0.0159. The Balaban J connectivity index is 1.70. The minimum atomic E-state index is -3.82. The lowest BCUT2D eigenvalue weighted by atomic mass is 10.2. The van der Waals surface area contributed by atoms with Gasteiger partial charge in [-0.05, 0) is 37.3 Å². The summed E-state index contributed by atoms with van der Waals surface area (Å²) in [6.45, 7) is 2.15. The molecule has 1 N–H and O–H groups in total. The van der Waals surface area contributed by atoms with Crippen molar-refractivity contribution in [3.63, 3.8) is 0 Å². The molecule has 0 amide bonds. The van der Waals surface area contributed by atoms with Crippen LogP contribution in [0.5, 0.6) is 0 Å². The van der Waals surface area contributed by atoms with E-state index in [1.165, 1.54) is 46.2 Å². The molecule has 9 nitrogen and oxygen atoms in total. The lowest BCUT2D eigenvalue weighted by Crippen LogP contribution is -2.23. The largest absolute Gasteiger partial charge is 0.394 e. The minimum Gasteiger partial charge on any atom is -0.394 e. The second-order valence-electron chi connectivity index (χ2n) is 6.79. The van der Waals surface area contributed by atoms with Gasteiger partial charge in [0.1, 0.15) is 4.90 Å². The summed E-state index contributed by atoms with van der Waals surface area (Å²) in [5.41, 5.74) is 1.23. The van der Waals surface area contributed by atoms with Crippen LogP contribution in [0, 0.1) is 6.92 Å². The van der Waals surface area contributed by atoms with Crippen LogP contribution in [0.15, 0.2) is 69.6 Å². The molecular weight excluding hydrogens is 406 g/mol. The number of hydrogen-bond acceptors (Lipinski definition) is 7. The van der Waals surface area contributed by atoms with Crippen LogP contribution in [0.25, 0.3) is 10.8 Å². The number of fused-ring (bicyclic) bond motifs is 1. The fourth-order valence-electron chi connectivity index (χ4n) is 3.13. The second kappa shape index (κ2) is 7.81. The molecule has 3 aromatic heterocycles. The fraction of sp³-hybridized carbons (Fsp3) is 0.200. The van der Waals surface area contributed by atoms with Gasteiger partial charge in [-0.1, -0.05) is 6.07 Å². The first kappa shape index (κ1) is 19.9. The van der Waals surface area contributed by atoms with Crippen LogP contribution in [-0.4, -0.2) is 44.7 Å². The van der Waals surface area contributed by atoms with Gasteiger partial charge in [0.2, 0.25) is 9.84 Å². The number of aromatic nitrogens is 5. The topological polar surface area (TPSA) is 120 Å². The highest BCUT2D eigenvalue weighted by Gasteiger charge is 2.21. The molecule has 4 aromatic rings. The molecular formula is C20H19N5O4S. The molecule has 0 aliphatic rings. The van der Waals surface area contributed by atoms with E-state index in [0.717, 1.165) is 5.69 Å². The fourth-order valence-corrected chi connectivity index (χ4v) is 4.38. The first-order valence-electron chi connectivity index (χ1n) is 9.19. The Morgan fingerprint density at radius 2 is 1.90 bits per heavy atom. The highest BCUT2D eigenvalue weighted by molar-refractivity contribution is 7.91. The Morgan fingerprint density at radius 3 is 2.67 bits per heavy atom. The molecule has 3 heterocycles. The molecule has 0 aliphatic carbocycles. The molecule has 30 heavy (non-hydrogen) atoms. The molecule has 0 aliphatic heterocycles. The number of nitrogens with zero attached hydrogens (tertiary/aromatic N) is 5. The molecule has 0 radical (unpaired) electrons. The standard InChI is InChI=1S/C20H19N5O4S/c1-14-3-2-4-16(23-14)12-25-20(27)19-6-5-17(9-15(19)10-22-25)30(28,29)18-11-21-24(13-18)7-8-26/h2-6,9-11,13,26H,7-8,12H2,1H3. The van der Waals surface area contributed by atoms with Crippen LogP contribution >= 0.6 is 0 Å². The first-order valence-corrected chi connectivity index (χ1v) is 10.7. The smallest absolute Gasteiger partial charge is 0.274 e. The zero-order valence-corrected chi connectivity index (χ0v) is 17.0. The number of rotatable bonds is 6. The van der Waals surface area contributed by atoms with Crippen molar-refractivity contribution in [2.45, 2.75) is 29.8 Å². The maximum atomic E-state index is 12.9. The third-order valence-corrected chi connectivity index (χ3v) is 6.35. The van der Waals surface area contributed by atoms with E-state index < -0.39 is 9.84 Å². The van der Waals surface area contributed by atoms with Gasteiger partial charge >= 0.3 is 0 Å². The van der Waals surface area contributed by atoms with E-state index in [2.05, 4.69) is 15.2 Å². The Bertz CT molecular complexity index is 1390. The van der Waals surface area contributed by atoms with Gasteiger partial charge in [-0.2, -0.15) is 10.2 Å². The zero-order chi connectivity index (χ0) is 21.3. The van der Waals surface area contributed by atoms with Gasteiger partial charge in [0.25, 0.3) is 5.56 Å². The van der Waals surface area contributed by atoms with Gasteiger partial charge in [-0.25, -0.2) is 13.1 Å². The molecule has 0 bridgehead atoms. The number of aryl methyl sites for hydroxylation is 1. The molecule has 0 saturated heterocycles. The third kappa shape index (κ3) is 3.74. The van der Waals surface area contributed by atoms with E-state index in [4.69, 9.17) is 5.11 Å². The average Bonchev–Trinajstić information content (AvgIpc) is 3.20. The first-order chi connectivity index (χ1) is 14.4. The summed E-state index contributed by atoms with van der Waals surface area (Å²) >= 11 is 0. The van der Waals surface area contributed by atoms with Crippen LogP contribution in [0.3, 0.4) is 0 Å². The van der Waals surface area contributed by atoms with Crippen LogP contribution in [0.2, 0.25) is 0 Å². The van der Waals surface area contributed by atoms with Crippen LogP contribution in [-0.2, 0) is 22.9 Å². The van der Waals surface area contributed by atoms with Gasteiger partial charge in [-0.3, -0.25) is 14.5 Å². The van der Waals surface area contributed by atoms with Crippen molar-refractivity contribution in [2.75, 3.05) is 6.61 Å². The number of pyridine rings is 1. The summed E-state index contributed by atoms with van der Waals surface area (Å²) in [7, 11) is -3.82. The maximum absolute atomic E-state index is 12.9. The molecule has 0 fully saturated rings. The Hall–Kier alpha value is -3.37. The molecule has 0 unspecified atom stereocenters. The Morgan fingerprint density at radius 1 is 1.07 bits per heavy atom.